The quantitative estimate of drug-likeness (QED) is 0.719. The van der Waals surface area contributed by atoms with Crippen molar-refractivity contribution in [1.29, 1.82) is 0 Å². The molecule has 0 bridgehead atoms. The number of ether oxygens (including phenoxy) is 1. The third-order valence-corrected chi connectivity index (χ3v) is 3.71. The molecule has 0 saturated heterocycles. The van der Waals surface area contributed by atoms with Gasteiger partial charge in [0.1, 0.15) is 5.75 Å². The average molecular weight is 370 g/mol. The highest BCUT2D eigenvalue weighted by molar-refractivity contribution is 9.10. The SMILES string of the molecule is CCCNCc1cc(C)nc(Oc2ccc(Cl)cc2Br)c1. The third kappa shape index (κ3) is 4.99. The molecular formula is C16H18BrClN2O. The van der Waals surface area contributed by atoms with Crippen LogP contribution in [0.4, 0.5) is 0 Å². The molecule has 0 radical (unpaired) electrons. The van der Waals surface area contributed by atoms with E-state index in [1.54, 1.807) is 12.1 Å². The number of pyridine rings is 1. The van der Waals surface area contributed by atoms with Gasteiger partial charge in [-0.2, -0.15) is 0 Å². The zero-order chi connectivity index (χ0) is 15.2. The van der Waals surface area contributed by atoms with Crippen molar-refractivity contribution in [3.05, 3.63) is 51.1 Å². The summed E-state index contributed by atoms with van der Waals surface area (Å²) < 4.78 is 6.66. The predicted molar refractivity (Wildman–Crippen MR) is 90.2 cm³/mol. The molecule has 1 aromatic carbocycles. The predicted octanol–water partition coefficient (Wildman–Crippen LogP) is 5.10. The zero-order valence-electron chi connectivity index (χ0n) is 12.1. The summed E-state index contributed by atoms with van der Waals surface area (Å²) in [5.41, 5.74) is 2.10. The fourth-order valence-electron chi connectivity index (χ4n) is 1.94. The second kappa shape index (κ2) is 7.78. The third-order valence-electron chi connectivity index (χ3n) is 2.85. The van der Waals surface area contributed by atoms with Crippen molar-refractivity contribution in [2.45, 2.75) is 26.8 Å². The summed E-state index contributed by atoms with van der Waals surface area (Å²) in [6, 6.07) is 9.44. The molecule has 1 heterocycles. The van der Waals surface area contributed by atoms with Crippen molar-refractivity contribution < 1.29 is 4.74 Å². The Morgan fingerprint density at radius 3 is 2.81 bits per heavy atom. The van der Waals surface area contributed by atoms with Gasteiger partial charge in [-0.25, -0.2) is 4.98 Å². The van der Waals surface area contributed by atoms with Gasteiger partial charge in [0.15, 0.2) is 0 Å². The topological polar surface area (TPSA) is 34.2 Å². The van der Waals surface area contributed by atoms with Gasteiger partial charge in [-0.15, -0.1) is 0 Å². The molecule has 21 heavy (non-hydrogen) atoms. The largest absolute Gasteiger partial charge is 0.438 e. The van der Waals surface area contributed by atoms with E-state index in [0.717, 1.165) is 35.2 Å². The molecule has 0 spiro atoms. The van der Waals surface area contributed by atoms with Gasteiger partial charge in [0.2, 0.25) is 5.88 Å². The minimum Gasteiger partial charge on any atom is -0.438 e. The Bertz CT molecular complexity index is 619. The summed E-state index contributed by atoms with van der Waals surface area (Å²) in [7, 11) is 0. The van der Waals surface area contributed by atoms with E-state index in [1.165, 1.54) is 0 Å². The first-order valence-electron chi connectivity index (χ1n) is 6.89. The fraction of sp³-hybridized carbons (Fsp3) is 0.312. The van der Waals surface area contributed by atoms with Gasteiger partial charge in [0.05, 0.1) is 4.47 Å². The number of halogens is 2. The van der Waals surface area contributed by atoms with Gasteiger partial charge in [-0.05, 0) is 65.6 Å². The minimum absolute atomic E-state index is 0.589. The fourth-order valence-corrected chi connectivity index (χ4v) is 2.71. The number of nitrogens with zero attached hydrogens (tertiary/aromatic N) is 1. The number of aromatic nitrogens is 1. The van der Waals surface area contributed by atoms with E-state index in [9.17, 15) is 0 Å². The molecular weight excluding hydrogens is 352 g/mol. The van der Waals surface area contributed by atoms with Crippen molar-refractivity contribution >= 4 is 27.5 Å². The molecule has 0 amide bonds. The van der Waals surface area contributed by atoms with Crippen LogP contribution in [0.25, 0.3) is 0 Å². The summed E-state index contributed by atoms with van der Waals surface area (Å²) in [5.74, 6) is 1.29. The van der Waals surface area contributed by atoms with Crippen LogP contribution < -0.4 is 10.1 Å². The molecule has 5 heteroatoms. The van der Waals surface area contributed by atoms with Crippen molar-refractivity contribution in [2.24, 2.45) is 0 Å². The monoisotopic (exact) mass is 368 g/mol. The standard InChI is InChI=1S/C16H18BrClN2O/c1-3-6-19-10-12-7-11(2)20-16(8-12)21-15-5-4-13(18)9-14(15)17/h4-5,7-9,19H,3,6,10H2,1-2H3. The first-order valence-corrected chi connectivity index (χ1v) is 8.06. The van der Waals surface area contributed by atoms with E-state index >= 15 is 0 Å². The molecule has 0 fully saturated rings. The van der Waals surface area contributed by atoms with Crippen LogP contribution in [0.2, 0.25) is 5.02 Å². The van der Waals surface area contributed by atoms with Crippen LogP contribution in [0.15, 0.2) is 34.8 Å². The maximum absolute atomic E-state index is 5.93. The van der Waals surface area contributed by atoms with Crippen LogP contribution in [-0.4, -0.2) is 11.5 Å². The molecule has 0 aliphatic rings. The molecule has 2 aromatic rings. The van der Waals surface area contributed by atoms with E-state index in [2.05, 4.69) is 39.2 Å². The van der Waals surface area contributed by atoms with Crippen LogP contribution in [0.3, 0.4) is 0 Å². The highest BCUT2D eigenvalue weighted by atomic mass is 79.9. The first kappa shape index (κ1) is 16.3. The summed E-state index contributed by atoms with van der Waals surface area (Å²) >= 11 is 9.38. The Labute approximate surface area is 138 Å². The summed E-state index contributed by atoms with van der Waals surface area (Å²) in [4.78, 5) is 4.42. The Kier molecular flexibility index (Phi) is 6.03. The van der Waals surface area contributed by atoms with Crippen LogP contribution >= 0.6 is 27.5 Å². The Morgan fingerprint density at radius 2 is 2.10 bits per heavy atom. The lowest BCUT2D eigenvalue weighted by atomic mass is 10.2. The Morgan fingerprint density at radius 1 is 1.29 bits per heavy atom. The Balaban J connectivity index is 2.15. The van der Waals surface area contributed by atoms with Gasteiger partial charge >= 0.3 is 0 Å². The van der Waals surface area contributed by atoms with Gasteiger partial charge in [-0.1, -0.05) is 18.5 Å². The van der Waals surface area contributed by atoms with Crippen molar-refractivity contribution in [2.75, 3.05) is 6.54 Å². The lowest BCUT2D eigenvalue weighted by Crippen LogP contribution is -2.14. The van der Waals surface area contributed by atoms with Gasteiger partial charge in [0.25, 0.3) is 0 Å². The number of nitrogens with one attached hydrogen (secondary N) is 1. The van der Waals surface area contributed by atoms with Crippen LogP contribution in [0.1, 0.15) is 24.6 Å². The van der Waals surface area contributed by atoms with Crippen molar-refractivity contribution in [1.82, 2.24) is 10.3 Å². The molecule has 0 atom stereocenters. The number of hydrogen-bond donors (Lipinski definition) is 1. The molecule has 3 nitrogen and oxygen atoms in total. The molecule has 0 aliphatic heterocycles. The van der Waals surface area contributed by atoms with Crippen molar-refractivity contribution in [3.8, 4) is 11.6 Å². The number of benzene rings is 1. The smallest absolute Gasteiger partial charge is 0.219 e. The second-order valence-corrected chi connectivity index (χ2v) is 6.10. The van der Waals surface area contributed by atoms with E-state index in [-0.39, 0.29) is 0 Å². The highest BCUT2D eigenvalue weighted by Gasteiger charge is 2.06. The Hall–Kier alpha value is -1.10. The number of aryl methyl sites for hydroxylation is 1. The minimum atomic E-state index is 0.589. The maximum Gasteiger partial charge on any atom is 0.219 e. The summed E-state index contributed by atoms with van der Waals surface area (Å²) in [6.07, 6.45) is 1.12. The second-order valence-electron chi connectivity index (χ2n) is 4.81. The normalized spacial score (nSPS) is 10.7. The molecule has 0 unspecified atom stereocenters. The lowest BCUT2D eigenvalue weighted by molar-refractivity contribution is 0.457. The van der Waals surface area contributed by atoms with Crippen LogP contribution in [-0.2, 0) is 6.54 Å². The van der Waals surface area contributed by atoms with E-state index < -0.39 is 0 Å². The summed E-state index contributed by atoms with van der Waals surface area (Å²) in [5, 5.41) is 4.04. The zero-order valence-corrected chi connectivity index (χ0v) is 14.5. The average Bonchev–Trinajstić information content (AvgIpc) is 2.42. The van der Waals surface area contributed by atoms with Crippen LogP contribution in [0.5, 0.6) is 11.6 Å². The molecule has 0 saturated carbocycles. The molecule has 1 N–H and O–H groups in total. The summed E-state index contributed by atoms with van der Waals surface area (Å²) in [6.45, 7) is 5.93. The molecule has 0 aliphatic carbocycles. The van der Waals surface area contributed by atoms with E-state index in [4.69, 9.17) is 16.3 Å². The molecule has 1 aromatic heterocycles. The lowest BCUT2D eigenvalue weighted by Gasteiger charge is -2.10. The maximum atomic E-state index is 5.93. The van der Waals surface area contributed by atoms with Crippen LogP contribution in [0, 0.1) is 6.92 Å². The van der Waals surface area contributed by atoms with E-state index in [0.29, 0.717) is 16.7 Å². The molecule has 2 rings (SSSR count). The number of rotatable bonds is 6. The number of hydrogen-bond acceptors (Lipinski definition) is 3. The van der Waals surface area contributed by atoms with Gasteiger partial charge in [0, 0.05) is 23.3 Å². The van der Waals surface area contributed by atoms with Gasteiger partial charge in [-0.3, -0.25) is 0 Å². The molecule has 112 valence electrons. The highest BCUT2D eigenvalue weighted by Crippen LogP contribution is 2.31. The first-order chi connectivity index (χ1) is 10.1. The van der Waals surface area contributed by atoms with Gasteiger partial charge < -0.3 is 10.1 Å². The van der Waals surface area contributed by atoms with Crippen molar-refractivity contribution in [3.63, 3.8) is 0 Å². The van der Waals surface area contributed by atoms with E-state index in [1.807, 2.05) is 19.1 Å².